The fourth-order valence-corrected chi connectivity index (χ4v) is 2.71. The highest BCUT2D eigenvalue weighted by Crippen LogP contribution is 2.29. The van der Waals surface area contributed by atoms with E-state index < -0.39 is 0 Å². The highest BCUT2D eigenvalue weighted by atomic mass is 15.0. The number of nitrogens with one attached hydrogen (secondary N) is 1. The summed E-state index contributed by atoms with van der Waals surface area (Å²) in [6, 6.07) is 8.57. The molecule has 3 nitrogen and oxygen atoms in total. The summed E-state index contributed by atoms with van der Waals surface area (Å²) in [6.07, 6.45) is 0. The van der Waals surface area contributed by atoms with Crippen LogP contribution in [0.5, 0.6) is 0 Å². The zero-order chi connectivity index (χ0) is 16.5. The van der Waals surface area contributed by atoms with Crippen LogP contribution < -0.4 is 5.32 Å². The molecule has 0 saturated heterocycles. The molecule has 2 aromatic rings. The molecule has 1 aromatic carbocycles. The van der Waals surface area contributed by atoms with Gasteiger partial charge >= 0.3 is 0 Å². The number of benzene rings is 1. The van der Waals surface area contributed by atoms with Gasteiger partial charge in [0.15, 0.2) is 5.82 Å². The van der Waals surface area contributed by atoms with Crippen molar-refractivity contribution >= 4 is 5.82 Å². The molecule has 0 bridgehead atoms. The molecule has 0 fully saturated rings. The monoisotopic (exact) mass is 297 g/mol. The van der Waals surface area contributed by atoms with Gasteiger partial charge in [-0.05, 0) is 23.8 Å². The summed E-state index contributed by atoms with van der Waals surface area (Å²) in [5.74, 6) is 2.11. The second-order valence-corrected chi connectivity index (χ2v) is 7.13. The first-order chi connectivity index (χ1) is 10.2. The number of aryl methyl sites for hydroxylation is 1. The lowest BCUT2D eigenvalue weighted by molar-refractivity contribution is 0.590. The average molecular weight is 297 g/mol. The van der Waals surface area contributed by atoms with Crippen molar-refractivity contribution in [1.82, 2.24) is 9.97 Å². The molecule has 0 radical (unpaired) electrons. The number of aromatic nitrogens is 2. The first kappa shape index (κ1) is 16.5. The SMILES string of the molecule is CNc1nc(-c2ccc(C(C)(C)C)cc2)nc(C)c1C(C)C. The largest absolute Gasteiger partial charge is 0.373 e. The first-order valence-electron chi connectivity index (χ1n) is 7.91. The van der Waals surface area contributed by atoms with Gasteiger partial charge in [-0.25, -0.2) is 9.97 Å². The maximum Gasteiger partial charge on any atom is 0.161 e. The summed E-state index contributed by atoms with van der Waals surface area (Å²) in [6.45, 7) is 13.1. The summed E-state index contributed by atoms with van der Waals surface area (Å²) < 4.78 is 0. The Bertz CT molecular complexity index is 650. The second-order valence-electron chi connectivity index (χ2n) is 7.13. The molecule has 1 N–H and O–H groups in total. The van der Waals surface area contributed by atoms with Crippen LogP contribution in [0, 0.1) is 6.92 Å². The van der Waals surface area contributed by atoms with Crippen LogP contribution in [0.4, 0.5) is 5.82 Å². The van der Waals surface area contributed by atoms with Gasteiger partial charge in [0.1, 0.15) is 5.82 Å². The topological polar surface area (TPSA) is 37.8 Å². The van der Waals surface area contributed by atoms with Gasteiger partial charge in [-0.15, -0.1) is 0 Å². The van der Waals surface area contributed by atoms with Crippen LogP contribution in [0.2, 0.25) is 0 Å². The van der Waals surface area contributed by atoms with Crippen LogP contribution in [-0.4, -0.2) is 17.0 Å². The molecule has 2 rings (SSSR count). The molecule has 0 atom stereocenters. The summed E-state index contributed by atoms with van der Waals surface area (Å²) in [5, 5.41) is 3.21. The summed E-state index contributed by atoms with van der Waals surface area (Å²) in [5.41, 5.74) is 4.78. The van der Waals surface area contributed by atoms with E-state index in [0.29, 0.717) is 5.92 Å². The summed E-state index contributed by atoms with van der Waals surface area (Å²) in [7, 11) is 1.92. The lowest BCUT2D eigenvalue weighted by Gasteiger charge is -2.19. The van der Waals surface area contributed by atoms with E-state index >= 15 is 0 Å². The van der Waals surface area contributed by atoms with Crippen molar-refractivity contribution in [2.75, 3.05) is 12.4 Å². The maximum absolute atomic E-state index is 4.71. The van der Waals surface area contributed by atoms with E-state index in [-0.39, 0.29) is 5.41 Å². The maximum atomic E-state index is 4.71. The lowest BCUT2D eigenvalue weighted by atomic mass is 9.86. The van der Waals surface area contributed by atoms with E-state index in [0.717, 1.165) is 22.9 Å². The van der Waals surface area contributed by atoms with Gasteiger partial charge in [-0.2, -0.15) is 0 Å². The lowest BCUT2D eigenvalue weighted by Crippen LogP contribution is -2.10. The quantitative estimate of drug-likeness (QED) is 0.874. The van der Waals surface area contributed by atoms with Crippen LogP contribution in [-0.2, 0) is 5.41 Å². The third-order valence-electron chi connectivity index (χ3n) is 3.96. The third-order valence-corrected chi connectivity index (χ3v) is 3.96. The normalized spacial score (nSPS) is 11.8. The van der Waals surface area contributed by atoms with Crippen molar-refractivity contribution in [1.29, 1.82) is 0 Å². The number of nitrogens with zero attached hydrogens (tertiary/aromatic N) is 2. The molecule has 0 aliphatic carbocycles. The van der Waals surface area contributed by atoms with E-state index in [1.165, 1.54) is 11.1 Å². The molecule has 22 heavy (non-hydrogen) atoms. The Kier molecular flexibility index (Phi) is 4.55. The van der Waals surface area contributed by atoms with Gasteiger partial charge in [0.25, 0.3) is 0 Å². The predicted molar refractivity (Wildman–Crippen MR) is 94.5 cm³/mol. The van der Waals surface area contributed by atoms with Crippen molar-refractivity contribution in [3.8, 4) is 11.4 Å². The van der Waals surface area contributed by atoms with Gasteiger partial charge in [0.05, 0.1) is 0 Å². The minimum absolute atomic E-state index is 0.160. The molecule has 118 valence electrons. The summed E-state index contributed by atoms with van der Waals surface area (Å²) >= 11 is 0. The zero-order valence-electron chi connectivity index (χ0n) is 14.8. The van der Waals surface area contributed by atoms with Crippen LogP contribution in [0.3, 0.4) is 0 Å². The van der Waals surface area contributed by atoms with Gasteiger partial charge in [-0.3, -0.25) is 0 Å². The number of anilines is 1. The molecule has 3 heteroatoms. The molecule has 0 saturated carbocycles. The van der Waals surface area contributed by atoms with Gasteiger partial charge < -0.3 is 5.32 Å². The number of rotatable bonds is 3. The van der Waals surface area contributed by atoms with E-state index in [2.05, 4.69) is 71.1 Å². The Balaban J connectivity index is 2.47. The smallest absolute Gasteiger partial charge is 0.161 e. The van der Waals surface area contributed by atoms with E-state index in [1.54, 1.807) is 0 Å². The van der Waals surface area contributed by atoms with Crippen molar-refractivity contribution in [2.45, 2.75) is 52.9 Å². The van der Waals surface area contributed by atoms with Crippen LogP contribution >= 0.6 is 0 Å². The Morgan fingerprint density at radius 2 is 1.59 bits per heavy atom. The third kappa shape index (κ3) is 3.29. The van der Waals surface area contributed by atoms with E-state index in [4.69, 9.17) is 9.97 Å². The minimum Gasteiger partial charge on any atom is -0.373 e. The Labute approximate surface area is 134 Å². The standard InChI is InChI=1S/C19H27N3/c1-12(2)16-13(3)21-17(22-18(16)20-7)14-8-10-15(11-9-14)19(4,5)6/h8-12H,1-7H3,(H,20,21,22). The number of hydrogen-bond acceptors (Lipinski definition) is 3. The fourth-order valence-electron chi connectivity index (χ4n) is 2.71. The summed E-state index contributed by atoms with van der Waals surface area (Å²) in [4.78, 5) is 9.43. The van der Waals surface area contributed by atoms with Gasteiger partial charge in [0.2, 0.25) is 0 Å². The van der Waals surface area contributed by atoms with Crippen molar-refractivity contribution in [3.63, 3.8) is 0 Å². The van der Waals surface area contributed by atoms with Crippen LogP contribution in [0.1, 0.15) is 57.4 Å². The highest BCUT2D eigenvalue weighted by molar-refractivity contribution is 5.61. The first-order valence-corrected chi connectivity index (χ1v) is 7.91. The van der Waals surface area contributed by atoms with Gasteiger partial charge in [-0.1, -0.05) is 58.9 Å². The molecule has 1 heterocycles. The van der Waals surface area contributed by atoms with E-state index in [1.807, 2.05) is 7.05 Å². The Morgan fingerprint density at radius 3 is 2.05 bits per heavy atom. The zero-order valence-corrected chi connectivity index (χ0v) is 14.8. The fraction of sp³-hybridized carbons (Fsp3) is 0.474. The number of hydrogen-bond donors (Lipinski definition) is 1. The van der Waals surface area contributed by atoms with Crippen molar-refractivity contribution < 1.29 is 0 Å². The van der Waals surface area contributed by atoms with Crippen molar-refractivity contribution in [3.05, 3.63) is 41.1 Å². The molecule has 0 aliphatic heterocycles. The van der Waals surface area contributed by atoms with Crippen LogP contribution in [0.15, 0.2) is 24.3 Å². The second kappa shape index (κ2) is 6.07. The Hall–Kier alpha value is -1.90. The minimum atomic E-state index is 0.160. The Morgan fingerprint density at radius 1 is 1.00 bits per heavy atom. The van der Waals surface area contributed by atoms with Crippen LogP contribution in [0.25, 0.3) is 11.4 Å². The average Bonchev–Trinajstić information content (AvgIpc) is 2.45. The molecule has 1 aromatic heterocycles. The van der Waals surface area contributed by atoms with Gasteiger partial charge in [0, 0.05) is 23.9 Å². The molecule has 0 amide bonds. The predicted octanol–water partition coefficient (Wildman–Crippen LogP) is 4.91. The van der Waals surface area contributed by atoms with E-state index in [9.17, 15) is 0 Å². The highest BCUT2D eigenvalue weighted by Gasteiger charge is 2.16. The molecule has 0 aliphatic rings. The molecular weight excluding hydrogens is 270 g/mol. The molecule has 0 unspecified atom stereocenters. The van der Waals surface area contributed by atoms with Crippen molar-refractivity contribution in [2.24, 2.45) is 0 Å². The molecular formula is C19H27N3. The molecule has 0 spiro atoms.